The van der Waals surface area contributed by atoms with Gasteiger partial charge in [0.15, 0.2) is 5.96 Å². The van der Waals surface area contributed by atoms with E-state index in [2.05, 4.69) is 16.9 Å². The Morgan fingerprint density at radius 1 is 1.07 bits per heavy atom. The van der Waals surface area contributed by atoms with E-state index >= 15 is 0 Å². The van der Waals surface area contributed by atoms with Gasteiger partial charge in [-0.05, 0) is 32.1 Å². The zero-order valence-electron chi connectivity index (χ0n) is 9.78. The fourth-order valence-electron chi connectivity index (χ4n) is 2.45. The van der Waals surface area contributed by atoms with Crippen molar-refractivity contribution in [2.45, 2.75) is 63.5 Å². The normalized spacial score (nSPS) is 25.0. The molecule has 2 aliphatic rings. The SMILES string of the molecule is CN(C(N)=NC1CCCCC1)C1CCC1. The summed E-state index contributed by atoms with van der Waals surface area (Å²) in [6.45, 7) is 0. The summed E-state index contributed by atoms with van der Waals surface area (Å²) in [4.78, 5) is 6.84. The zero-order chi connectivity index (χ0) is 10.7. The van der Waals surface area contributed by atoms with E-state index in [4.69, 9.17) is 5.73 Å². The van der Waals surface area contributed by atoms with Gasteiger partial charge in [-0.3, -0.25) is 0 Å². The van der Waals surface area contributed by atoms with Crippen molar-refractivity contribution in [3.63, 3.8) is 0 Å². The molecule has 0 aromatic carbocycles. The maximum absolute atomic E-state index is 6.03. The minimum absolute atomic E-state index is 0.501. The zero-order valence-corrected chi connectivity index (χ0v) is 9.78. The van der Waals surface area contributed by atoms with Crippen molar-refractivity contribution in [1.29, 1.82) is 0 Å². The Balaban J connectivity index is 1.86. The van der Waals surface area contributed by atoms with Crippen LogP contribution in [0.1, 0.15) is 51.4 Å². The van der Waals surface area contributed by atoms with Gasteiger partial charge >= 0.3 is 0 Å². The van der Waals surface area contributed by atoms with Crippen LogP contribution < -0.4 is 5.73 Å². The second-order valence-electron chi connectivity index (χ2n) is 4.97. The Morgan fingerprint density at radius 3 is 2.27 bits per heavy atom. The van der Waals surface area contributed by atoms with Crippen molar-refractivity contribution in [2.24, 2.45) is 10.7 Å². The number of guanidine groups is 1. The van der Waals surface area contributed by atoms with Crippen molar-refractivity contribution in [1.82, 2.24) is 4.90 Å². The van der Waals surface area contributed by atoms with Gasteiger partial charge < -0.3 is 10.6 Å². The van der Waals surface area contributed by atoms with Gasteiger partial charge in [0.05, 0.1) is 6.04 Å². The van der Waals surface area contributed by atoms with Gasteiger partial charge in [-0.2, -0.15) is 0 Å². The van der Waals surface area contributed by atoms with Gasteiger partial charge in [0.1, 0.15) is 0 Å². The van der Waals surface area contributed by atoms with Crippen LogP contribution in [0.5, 0.6) is 0 Å². The van der Waals surface area contributed by atoms with Crippen LogP contribution in [0.3, 0.4) is 0 Å². The molecule has 0 aromatic heterocycles. The summed E-state index contributed by atoms with van der Waals surface area (Å²) in [5, 5.41) is 0. The molecule has 3 nitrogen and oxygen atoms in total. The highest BCUT2D eigenvalue weighted by molar-refractivity contribution is 5.78. The van der Waals surface area contributed by atoms with Gasteiger partial charge in [0, 0.05) is 13.1 Å². The van der Waals surface area contributed by atoms with E-state index in [1.54, 1.807) is 0 Å². The lowest BCUT2D eigenvalue weighted by Gasteiger charge is -2.36. The third kappa shape index (κ3) is 2.64. The molecule has 0 amide bonds. The molecule has 15 heavy (non-hydrogen) atoms. The lowest BCUT2D eigenvalue weighted by atomic mass is 9.92. The first-order valence-corrected chi connectivity index (χ1v) is 6.33. The van der Waals surface area contributed by atoms with Crippen LogP contribution in [-0.4, -0.2) is 30.0 Å². The van der Waals surface area contributed by atoms with Gasteiger partial charge in [-0.25, -0.2) is 4.99 Å². The highest BCUT2D eigenvalue weighted by Crippen LogP contribution is 2.24. The number of nitrogens with zero attached hydrogens (tertiary/aromatic N) is 2. The van der Waals surface area contributed by atoms with E-state index in [0.29, 0.717) is 12.1 Å². The predicted molar refractivity (Wildman–Crippen MR) is 63.9 cm³/mol. The highest BCUT2D eigenvalue weighted by Gasteiger charge is 2.24. The van der Waals surface area contributed by atoms with E-state index in [1.165, 1.54) is 51.4 Å². The molecule has 0 saturated heterocycles. The first kappa shape index (κ1) is 10.8. The lowest BCUT2D eigenvalue weighted by Crippen LogP contribution is -2.45. The fraction of sp³-hybridized carbons (Fsp3) is 0.917. The highest BCUT2D eigenvalue weighted by atomic mass is 15.3. The van der Waals surface area contributed by atoms with Crippen molar-refractivity contribution < 1.29 is 0 Å². The van der Waals surface area contributed by atoms with Gasteiger partial charge in [-0.1, -0.05) is 19.3 Å². The molecule has 3 heteroatoms. The van der Waals surface area contributed by atoms with Crippen LogP contribution >= 0.6 is 0 Å². The molecule has 0 atom stereocenters. The van der Waals surface area contributed by atoms with E-state index < -0.39 is 0 Å². The van der Waals surface area contributed by atoms with Crippen LogP contribution in [0.2, 0.25) is 0 Å². The Kier molecular flexibility index (Phi) is 3.49. The van der Waals surface area contributed by atoms with Crippen LogP contribution in [0, 0.1) is 0 Å². The molecule has 0 heterocycles. The van der Waals surface area contributed by atoms with Crippen LogP contribution in [0.25, 0.3) is 0 Å². The topological polar surface area (TPSA) is 41.6 Å². The number of hydrogen-bond donors (Lipinski definition) is 1. The third-order valence-electron chi connectivity index (χ3n) is 3.87. The molecule has 2 N–H and O–H groups in total. The smallest absolute Gasteiger partial charge is 0.191 e. The lowest BCUT2D eigenvalue weighted by molar-refractivity contribution is 0.237. The van der Waals surface area contributed by atoms with Crippen molar-refractivity contribution >= 4 is 5.96 Å². The van der Waals surface area contributed by atoms with Crippen molar-refractivity contribution in [3.05, 3.63) is 0 Å². The molecule has 0 unspecified atom stereocenters. The summed E-state index contributed by atoms with van der Waals surface area (Å²) in [7, 11) is 2.09. The molecule has 2 saturated carbocycles. The Morgan fingerprint density at radius 2 is 1.73 bits per heavy atom. The summed E-state index contributed by atoms with van der Waals surface area (Å²) in [6, 6.07) is 1.17. The molecule has 0 aromatic rings. The van der Waals surface area contributed by atoms with Gasteiger partial charge in [-0.15, -0.1) is 0 Å². The van der Waals surface area contributed by atoms with Gasteiger partial charge in [0.2, 0.25) is 0 Å². The Bertz CT molecular complexity index is 227. The quantitative estimate of drug-likeness (QED) is 0.559. The van der Waals surface area contributed by atoms with E-state index in [1.807, 2.05) is 0 Å². The molecule has 0 aliphatic heterocycles. The summed E-state index contributed by atoms with van der Waals surface area (Å²) < 4.78 is 0. The molecular weight excluding hydrogens is 186 g/mol. The predicted octanol–water partition coefficient (Wildman–Crippen LogP) is 2.12. The monoisotopic (exact) mass is 209 g/mol. The van der Waals surface area contributed by atoms with Crippen molar-refractivity contribution in [2.75, 3.05) is 7.05 Å². The van der Waals surface area contributed by atoms with Gasteiger partial charge in [0.25, 0.3) is 0 Å². The summed E-state index contributed by atoms with van der Waals surface area (Å²) in [5.74, 6) is 0.770. The summed E-state index contributed by atoms with van der Waals surface area (Å²) in [6.07, 6.45) is 10.4. The molecule has 2 aliphatic carbocycles. The first-order valence-electron chi connectivity index (χ1n) is 6.33. The molecule has 0 radical (unpaired) electrons. The number of nitrogens with two attached hydrogens (primary N) is 1. The molecular formula is C12H23N3. The summed E-state index contributed by atoms with van der Waals surface area (Å²) >= 11 is 0. The summed E-state index contributed by atoms with van der Waals surface area (Å²) in [5.41, 5.74) is 6.03. The van der Waals surface area contributed by atoms with Crippen LogP contribution in [0.15, 0.2) is 4.99 Å². The van der Waals surface area contributed by atoms with Crippen LogP contribution in [0.4, 0.5) is 0 Å². The fourth-order valence-corrected chi connectivity index (χ4v) is 2.45. The minimum atomic E-state index is 0.501. The average molecular weight is 209 g/mol. The standard InChI is InChI=1S/C12H23N3/c1-15(11-8-5-9-11)12(13)14-10-6-3-2-4-7-10/h10-11H,2-9H2,1H3,(H2,13,14). The third-order valence-corrected chi connectivity index (χ3v) is 3.87. The molecule has 0 spiro atoms. The second kappa shape index (κ2) is 4.86. The average Bonchev–Trinajstić information content (AvgIpc) is 2.16. The Hall–Kier alpha value is -0.730. The number of hydrogen-bond acceptors (Lipinski definition) is 1. The molecule has 2 rings (SSSR count). The van der Waals surface area contributed by atoms with Crippen molar-refractivity contribution in [3.8, 4) is 0 Å². The van der Waals surface area contributed by atoms with E-state index in [9.17, 15) is 0 Å². The first-order chi connectivity index (χ1) is 7.27. The maximum atomic E-state index is 6.03. The van der Waals surface area contributed by atoms with Crippen LogP contribution in [-0.2, 0) is 0 Å². The maximum Gasteiger partial charge on any atom is 0.191 e. The molecule has 0 bridgehead atoms. The minimum Gasteiger partial charge on any atom is -0.370 e. The van der Waals surface area contributed by atoms with E-state index in [-0.39, 0.29) is 0 Å². The number of aliphatic imine (C=N–C) groups is 1. The largest absolute Gasteiger partial charge is 0.370 e. The van der Waals surface area contributed by atoms with E-state index in [0.717, 1.165) is 5.96 Å². The number of rotatable bonds is 2. The Labute approximate surface area is 92.7 Å². The molecule has 86 valence electrons. The second-order valence-corrected chi connectivity index (χ2v) is 4.97. The molecule has 2 fully saturated rings.